The van der Waals surface area contributed by atoms with Crippen LogP contribution in [0.15, 0.2) is 12.4 Å². The standard InChI is InChI=1S/C11H13IN4O3/c1-4-7(17)8(18)11(19-4)16-6(12)2-5-9(13)14-3-15-10(5)16/h2-4,7-8,11,17-18H,1H3,(H2,13,14,15). The Morgan fingerprint density at radius 1 is 1.37 bits per heavy atom. The molecule has 3 heterocycles. The van der Waals surface area contributed by atoms with Crippen LogP contribution in [0.5, 0.6) is 0 Å². The SMILES string of the molecule is CC1OC(n2c(I)cc3c(N)ncnc32)C(O)C1O. The molecule has 4 atom stereocenters. The first-order valence-electron chi connectivity index (χ1n) is 5.79. The maximum Gasteiger partial charge on any atom is 0.165 e. The van der Waals surface area contributed by atoms with E-state index in [2.05, 4.69) is 32.6 Å². The van der Waals surface area contributed by atoms with Crippen molar-refractivity contribution in [2.75, 3.05) is 5.73 Å². The van der Waals surface area contributed by atoms with Crippen molar-refractivity contribution in [3.05, 3.63) is 16.1 Å². The molecular weight excluding hydrogens is 363 g/mol. The van der Waals surface area contributed by atoms with Gasteiger partial charge in [-0.25, -0.2) is 9.97 Å². The van der Waals surface area contributed by atoms with Gasteiger partial charge in [-0.05, 0) is 35.6 Å². The van der Waals surface area contributed by atoms with Gasteiger partial charge in [-0.2, -0.15) is 0 Å². The Hall–Kier alpha value is -0.970. The van der Waals surface area contributed by atoms with E-state index in [9.17, 15) is 10.2 Å². The summed E-state index contributed by atoms with van der Waals surface area (Å²) < 4.78 is 8.15. The van der Waals surface area contributed by atoms with Gasteiger partial charge in [0, 0.05) is 0 Å². The van der Waals surface area contributed by atoms with Crippen molar-refractivity contribution in [3.8, 4) is 0 Å². The fourth-order valence-corrected chi connectivity index (χ4v) is 3.12. The molecule has 102 valence electrons. The van der Waals surface area contributed by atoms with Crippen LogP contribution in [0.4, 0.5) is 5.82 Å². The molecule has 1 saturated heterocycles. The van der Waals surface area contributed by atoms with Crippen LogP contribution in [0.3, 0.4) is 0 Å². The summed E-state index contributed by atoms with van der Waals surface area (Å²) in [6, 6.07) is 1.83. The summed E-state index contributed by atoms with van der Waals surface area (Å²) in [6.45, 7) is 1.72. The highest BCUT2D eigenvalue weighted by atomic mass is 127. The highest BCUT2D eigenvalue weighted by molar-refractivity contribution is 14.1. The second-order valence-electron chi connectivity index (χ2n) is 4.55. The van der Waals surface area contributed by atoms with Crippen LogP contribution in [0, 0.1) is 3.70 Å². The molecule has 0 aliphatic carbocycles. The molecule has 1 fully saturated rings. The molecule has 0 aromatic carbocycles. The number of ether oxygens (including phenoxy) is 1. The van der Waals surface area contributed by atoms with Crippen LogP contribution in [-0.2, 0) is 4.74 Å². The summed E-state index contributed by atoms with van der Waals surface area (Å²) >= 11 is 2.11. The van der Waals surface area contributed by atoms with E-state index in [-0.39, 0.29) is 0 Å². The molecule has 1 aliphatic heterocycles. The number of aromatic nitrogens is 3. The summed E-state index contributed by atoms with van der Waals surface area (Å²) in [7, 11) is 0. The highest BCUT2D eigenvalue weighted by Gasteiger charge is 2.42. The summed E-state index contributed by atoms with van der Waals surface area (Å²) in [6.07, 6.45) is -1.67. The number of rotatable bonds is 1. The number of fused-ring (bicyclic) bond motifs is 1. The first kappa shape index (κ1) is 13.0. The molecular formula is C11H13IN4O3. The summed E-state index contributed by atoms with van der Waals surface area (Å²) in [5, 5.41) is 20.6. The Bertz CT molecular complexity index is 632. The fourth-order valence-electron chi connectivity index (χ4n) is 2.30. The van der Waals surface area contributed by atoms with E-state index in [1.54, 1.807) is 11.5 Å². The summed E-state index contributed by atoms with van der Waals surface area (Å²) in [5.41, 5.74) is 6.39. The lowest BCUT2D eigenvalue weighted by Gasteiger charge is -2.18. The molecule has 19 heavy (non-hydrogen) atoms. The Balaban J connectivity index is 2.16. The van der Waals surface area contributed by atoms with Gasteiger partial charge in [-0.3, -0.25) is 4.57 Å². The number of halogens is 1. The second-order valence-corrected chi connectivity index (χ2v) is 5.65. The number of aliphatic hydroxyl groups is 2. The van der Waals surface area contributed by atoms with E-state index in [0.717, 1.165) is 3.70 Å². The topological polar surface area (TPSA) is 106 Å². The minimum Gasteiger partial charge on any atom is -0.388 e. The van der Waals surface area contributed by atoms with Crippen molar-refractivity contribution in [2.45, 2.75) is 31.5 Å². The zero-order valence-electron chi connectivity index (χ0n) is 10.1. The van der Waals surface area contributed by atoms with Crippen LogP contribution < -0.4 is 5.73 Å². The average Bonchev–Trinajstić information content (AvgIpc) is 2.83. The third-order valence-electron chi connectivity index (χ3n) is 3.35. The number of anilines is 1. The van der Waals surface area contributed by atoms with Crippen molar-refractivity contribution in [1.29, 1.82) is 0 Å². The predicted octanol–water partition coefficient (Wildman–Crippen LogP) is 0.257. The van der Waals surface area contributed by atoms with Gasteiger partial charge < -0.3 is 20.7 Å². The summed E-state index contributed by atoms with van der Waals surface area (Å²) in [5.74, 6) is 0.378. The molecule has 7 nitrogen and oxygen atoms in total. The molecule has 4 unspecified atom stereocenters. The van der Waals surface area contributed by atoms with Gasteiger partial charge in [0.25, 0.3) is 0 Å². The van der Waals surface area contributed by atoms with E-state index in [1.807, 2.05) is 6.07 Å². The Kier molecular flexibility index (Phi) is 3.12. The lowest BCUT2D eigenvalue weighted by molar-refractivity contribution is -0.0310. The molecule has 2 aromatic rings. The Labute approximate surface area is 122 Å². The minimum absolute atomic E-state index is 0.378. The van der Waals surface area contributed by atoms with E-state index in [4.69, 9.17) is 10.5 Å². The molecule has 0 bridgehead atoms. The van der Waals surface area contributed by atoms with Crippen LogP contribution in [0.1, 0.15) is 13.2 Å². The minimum atomic E-state index is -1.00. The van der Waals surface area contributed by atoms with E-state index in [0.29, 0.717) is 16.9 Å². The lowest BCUT2D eigenvalue weighted by Crippen LogP contribution is -2.30. The molecule has 1 aliphatic rings. The first-order valence-corrected chi connectivity index (χ1v) is 6.87. The molecule has 2 aromatic heterocycles. The molecule has 4 N–H and O–H groups in total. The van der Waals surface area contributed by atoms with E-state index >= 15 is 0 Å². The second kappa shape index (κ2) is 4.54. The fraction of sp³-hybridized carbons (Fsp3) is 0.455. The average molecular weight is 376 g/mol. The number of nitrogen functional groups attached to an aromatic ring is 1. The molecule has 0 spiro atoms. The van der Waals surface area contributed by atoms with Gasteiger partial charge in [-0.15, -0.1) is 0 Å². The maximum atomic E-state index is 10.1. The number of hydrogen-bond donors (Lipinski definition) is 3. The molecule has 0 saturated carbocycles. The monoisotopic (exact) mass is 376 g/mol. The third kappa shape index (κ3) is 1.90. The van der Waals surface area contributed by atoms with Gasteiger partial charge in [-0.1, -0.05) is 0 Å². The maximum absolute atomic E-state index is 10.1. The highest BCUT2D eigenvalue weighted by Crippen LogP contribution is 2.34. The largest absolute Gasteiger partial charge is 0.388 e. The molecule has 3 rings (SSSR count). The van der Waals surface area contributed by atoms with Gasteiger partial charge in [0.1, 0.15) is 30.0 Å². The molecule has 0 radical (unpaired) electrons. The number of nitrogens with zero attached hydrogens (tertiary/aromatic N) is 3. The first-order chi connectivity index (χ1) is 9.00. The van der Waals surface area contributed by atoms with Crippen LogP contribution in [0.2, 0.25) is 0 Å². The third-order valence-corrected chi connectivity index (χ3v) is 4.18. The van der Waals surface area contributed by atoms with Crippen molar-refractivity contribution in [3.63, 3.8) is 0 Å². The normalized spacial score (nSPS) is 31.2. The van der Waals surface area contributed by atoms with E-state index < -0.39 is 24.5 Å². The van der Waals surface area contributed by atoms with Crippen LogP contribution >= 0.6 is 22.6 Å². The number of hydrogen-bond acceptors (Lipinski definition) is 6. The van der Waals surface area contributed by atoms with Gasteiger partial charge in [0.2, 0.25) is 0 Å². The zero-order chi connectivity index (χ0) is 13.7. The Morgan fingerprint density at radius 3 is 2.74 bits per heavy atom. The van der Waals surface area contributed by atoms with E-state index in [1.165, 1.54) is 6.33 Å². The van der Waals surface area contributed by atoms with Crippen molar-refractivity contribution >= 4 is 39.4 Å². The molecule has 8 heteroatoms. The number of aliphatic hydroxyl groups excluding tert-OH is 2. The van der Waals surface area contributed by atoms with Gasteiger partial charge >= 0.3 is 0 Å². The Morgan fingerprint density at radius 2 is 2.11 bits per heavy atom. The predicted molar refractivity (Wildman–Crippen MR) is 76.3 cm³/mol. The quantitative estimate of drug-likeness (QED) is 0.617. The smallest absolute Gasteiger partial charge is 0.165 e. The van der Waals surface area contributed by atoms with Crippen LogP contribution in [0.25, 0.3) is 11.0 Å². The van der Waals surface area contributed by atoms with Gasteiger partial charge in [0.15, 0.2) is 6.23 Å². The van der Waals surface area contributed by atoms with Crippen molar-refractivity contribution in [2.24, 2.45) is 0 Å². The number of nitrogens with two attached hydrogens (primary N) is 1. The summed E-state index contributed by atoms with van der Waals surface area (Å²) in [4.78, 5) is 8.12. The van der Waals surface area contributed by atoms with Crippen molar-refractivity contribution < 1.29 is 14.9 Å². The zero-order valence-corrected chi connectivity index (χ0v) is 12.2. The lowest BCUT2D eigenvalue weighted by atomic mass is 10.1. The van der Waals surface area contributed by atoms with Crippen molar-refractivity contribution in [1.82, 2.24) is 14.5 Å². The van der Waals surface area contributed by atoms with Crippen LogP contribution in [-0.4, -0.2) is 43.1 Å². The molecule has 0 amide bonds. The van der Waals surface area contributed by atoms with Gasteiger partial charge in [0.05, 0.1) is 15.2 Å².